The van der Waals surface area contributed by atoms with Crippen molar-refractivity contribution in [2.45, 2.75) is 25.7 Å². The summed E-state index contributed by atoms with van der Waals surface area (Å²) in [5.74, 6) is -1.88. The molecule has 0 amide bonds. The van der Waals surface area contributed by atoms with Gasteiger partial charge in [-0.25, -0.2) is 8.78 Å². The molecule has 0 radical (unpaired) electrons. The SMILES string of the molecule is CNCC1CCN(CC(C)(F)F)CC1. The second-order valence-electron chi connectivity index (χ2n) is 4.35. The highest BCUT2D eigenvalue weighted by Crippen LogP contribution is 2.20. The second kappa shape index (κ2) is 5.03. The summed E-state index contributed by atoms with van der Waals surface area (Å²) in [4.78, 5) is 1.87. The number of hydrogen-bond acceptors (Lipinski definition) is 2. The minimum Gasteiger partial charge on any atom is -0.319 e. The average molecular weight is 206 g/mol. The Hall–Kier alpha value is -0.220. The minimum absolute atomic E-state index is 0.0841. The number of alkyl halides is 2. The van der Waals surface area contributed by atoms with Crippen molar-refractivity contribution in [3.8, 4) is 0 Å². The van der Waals surface area contributed by atoms with E-state index >= 15 is 0 Å². The van der Waals surface area contributed by atoms with Gasteiger partial charge in [0.25, 0.3) is 5.92 Å². The van der Waals surface area contributed by atoms with Crippen LogP contribution in [0.25, 0.3) is 0 Å². The molecule has 0 aromatic heterocycles. The minimum atomic E-state index is -2.55. The molecule has 14 heavy (non-hydrogen) atoms. The third-order valence-electron chi connectivity index (χ3n) is 2.70. The number of halogens is 2. The number of nitrogens with one attached hydrogen (secondary N) is 1. The lowest BCUT2D eigenvalue weighted by molar-refractivity contribution is -0.0221. The lowest BCUT2D eigenvalue weighted by Gasteiger charge is -2.33. The zero-order chi connectivity index (χ0) is 10.6. The van der Waals surface area contributed by atoms with E-state index in [1.54, 1.807) is 0 Å². The summed E-state index contributed by atoms with van der Waals surface area (Å²) in [6.07, 6.45) is 2.08. The van der Waals surface area contributed by atoms with Crippen LogP contribution in [0.4, 0.5) is 8.78 Å². The molecule has 0 atom stereocenters. The van der Waals surface area contributed by atoms with Crippen molar-refractivity contribution in [1.29, 1.82) is 0 Å². The molecule has 1 saturated heterocycles. The molecule has 84 valence electrons. The Kier molecular flexibility index (Phi) is 4.26. The molecule has 0 aromatic rings. The lowest BCUT2D eigenvalue weighted by atomic mass is 9.97. The molecule has 4 heteroatoms. The lowest BCUT2D eigenvalue weighted by Crippen LogP contribution is -2.42. The van der Waals surface area contributed by atoms with Crippen molar-refractivity contribution in [3.05, 3.63) is 0 Å². The van der Waals surface area contributed by atoms with E-state index in [1.165, 1.54) is 0 Å². The third-order valence-corrected chi connectivity index (χ3v) is 2.70. The van der Waals surface area contributed by atoms with Crippen LogP contribution in [-0.2, 0) is 0 Å². The maximum Gasteiger partial charge on any atom is 0.257 e. The highest BCUT2D eigenvalue weighted by molar-refractivity contribution is 4.76. The van der Waals surface area contributed by atoms with Crippen molar-refractivity contribution < 1.29 is 8.78 Å². The van der Waals surface area contributed by atoms with Crippen molar-refractivity contribution in [2.75, 3.05) is 33.2 Å². The van der Waals surface area contributed by atoms with E-state index in [2.05, 4.69) is 5.32 Å². The quantitative estimate of drug-likeness (QED) is 0.751. The van der Waals surface area contributed by atoms with Crippen LogP contribution in [0.2, 0.25) is 0 Å². The molecule has 0 aromatic carbocycles. The van der Waals surface area contributed by atoms with Crippen LogP contribution in [0.5, 0.6) is 0 Å². The molecule has 1 rings (SSSR count). The van der Waals surface area contributed by atoms with Gasteiger partial charge >= 0.3 is 0 Å². The second-order valence-corrected chi connectivity index (χ2v) is 4.35. The van der Waals surface area contributed by atoms with E-state index in [0.717, 1.165) is 39.4 Å². The molecule has 2 nitrogen and oxygen atoms in total. The molecule has 0 aliphatic carbocycles. The summed E-state index contributed by atoms with van der Waals surface area (Å²) in [5.41, 5.74) is 0. The van der Waals surface area contributed by atoms with Crippen LogP contribution in [0.15, 0.2) is 0 Å². The van der Waals surface area contributed by atoms with Gasteiger partial charge < -0.3 is 5.32 Å². The Morgan fingerprint density at radius 2 is 1.93 bits per heavy atom. The molecule has 0 bridgehead atoms. The molecular formula is C10H20F2N2. The number of piperidine rings is 1. The van der Waals surface area contributed by atoms with Crippen LogP contribution in [0.3, 0.4) is 0 Å². The van der Waals surface area contributed by atoms with Gasteiger partial charge in [0.15, 0.2) is 0 Å². The first-order valence-electron chi connectivity index (χ1n) is 5.26. The highest BCUT2D eigenvalue weighted by Gasteiger charge is 2.27. The number of hydrogen-bond donors (Lipinski definition) is 1. The van der Waals surface area contributed by atoms with E-state index in [9.17, 15) is 8.78 Å². The smallest absolute Gasteiger partial charge is 0.257 e. The standard InChI is InChI=1S/C10H20F2N2/c1-10(11,12)8-14-5-3-9(4-6-14)7-13-2/h9,13H,3-8H2,1-2H3. The maximum atomic E-state index is 12.7. The number of nitrogens with zero attached hydrogens (tertiary/aromatic N) is 1. The Balaban J connectivity index is 2.22. The zero-order valence-electron chi connectivity index (χ0n) is 9.02. The Morgan fingerprint density at radius 3 is 2.36 bits per heavy atom. The van der Waals surface area contributed by atoms with Crippen LogP contribution in [0.1, 0.15) is 19.8 Å². The van der Waals surface area contributed by atoms with Gasteiger partial charge in [-0.05, 0) is 45.4 Å². The molecule has 1 fully saturated rings. The Labute approximate surface area is 84.7 Å². The fourth-order valence-corrected chi connectivity index (χ4v) is 2.03. The van der Waals surface area contributed by atoms with Crippen molar-refractivity contribution in [1.82, 2.24) is 10.2 Å². The van der Waals surface area contributed by atoms with Gasteiger partial charge in [0.05, 0.1) is 6.54 Å². The highest BCUT2D eigenvalue weighted by atomic mass is 19.3. The first-order chi connectivity index (χ1) is 6.51. The van der Waals surface area contributed by atoms with E-state index in [-0.39, 0.29) is 6.54 Å². The largest absolute Gasteiger partial charge is 0.319 e. The summed E-state index contributed by atoms with van der Waals surface area (Å²) in [7, 11) is 1.94. The zero-order valence-corrected chi connectivity index (χ0v) is 9.02. The Bertz CT molecular complexity index is 160. The summed E-state index contributed by atoms with van der Waals surface area (Å²) in [6, 6.07) is 0. The van der Waals surface area contributed by atoms with Crippen LogP contribution in [-0.4, -0.2) is 44.0 Å². The summed E-state index contributed by atoms with van der Waals surface area (Å²) in [5, 5.41) is 3.13. The van der Waals surface area contributed by atoms with Gasteiger partial charge in [-0.15, -0.1) is 0 Å². The van der Waals surface area contributed by atoms with Crippen LogP contribution >= 0.6 is 0 Å². The molecule has 1 aliphatic heterocycles. The first-order valence-corrected chi connectivity index (χ1v) is 5.26. The molecule has 0 spiro atoms. The van der Waals surface area contributed by atoms with Gasteiger partial charge in [-0.3, -0.25) is 4.90 Å². The third kappa shape index (κ3) is 4.33. The van der Waals surface area contributed by atoms with Gasteiger partial charge in [-0.1, -0.05) is 0 Å². The molecular weight excluding hydrogens is 186 g/mol. The van der Waals surface area contributed by atoms with Crippen molar-refractivity contribution in [3.63, 3.8) is 0 Å². The summed E-state index contributed by atoms with van der Waals surface area (Å²) in [6.45, 7) is 3.55. The molecule has 1 N–H and O–H groups in total. The van der Waals surface area contributed by atoms with Crippen LogP contribution in [0, 0.1) is 5.92 Å². The summed E-state index contributed by atoms with van der Waals surface area (Å²) < 4.78 is 25.4. The van der Waals surface area contributed by atoms with Gasteiger partial charge in [0.1, 0.15) is 0 Å². The van der Waals surface area contributed by atoms with Crippen LogP contribution < -0.4 is 5.32 Å². The number of likely N-dealkylation sites (tertiary alicyclic amines) is 1. The predicted molar refractivity (Wildman–Crippen MR) is 53.7 cm³/mol. The van der Waals surface area contributed by atoms with Gasteiger partial charge in [0.2, 0.25) is 0 Å². The van der Waals surface area contributed by atoms with Gasteiger partial charge in [0, 0.05) is 6.92 Å². The average Bonchev–Trinajstić information content (AvgIpc) is 2.06. The van der Waals surface area contributed by atoms with E-state index in [4.69, 9.17) is 0 Å². The fourth-order valence-electron chi connectivity index (χ4n) is 2.03. The monoisotopic (exact) mass is 206 g/mol. The number of rotatable bonds is 4. The fraction of sp³-hybridized carbons (Fsp3) is 1.00. The van der Waals surface area contributed by atoms with E-state index in [0.29, 0.717) is 5.92 Å². The molecule has 1 heterocycles. The topological polar surface area (TPSA) is 15.3 Å². The molecule has 1 aliphatic rings. The van der Waals surface area contributed by atoms with Gasteiger partial charge in [-0.2, -0.15) is 0 Å². The normalized spacial score (nSPS) is 21.4. The maximum absolute atomic E-state index is 12.7. The first kappa shape index (κ1) is 11.9. The van der Waals surface area contributed by atoms with E-state index in [1.807, 2.05) is 11.9 Å². The van der Waals surface area contributed by atoms with Crippen molar-refractivity contribution >= 4 is 0 Å². The van der Waals surface area contributed by atoms with E-state index < -0.39 is 5.92 Å². The molecule has 0 saturated carbocycles. The Morgan fingerprint density at radius 1 is 1.36 bits per heavy atom. The molecule has 0 unspecified atom stereocenters. The predicted octanol–water partition coefficient (Wildman–Crippen LogP) is 1.57. The van der Waals surface area contributed by atoms with Crippen molar-refractivity contribution in [2.24, 2.45) is 5.92 Å². The summed E-state index contributed by atoms with van der Waals surface area (Å²) >= 11 is 0.